The third kappa shape index (κ3) is 4.59. The molecule has 0 fully saturated rings. The normalized spacial score (nSPS) is 12.6. The summed E-state index contributed by atoms with van der Waals surface area (Å²) in [7, 11) is -4.02. The van der Waals surface area contributed by atoms with Crippen molar-refractivity contribution in [3.05, 3.63) is 59.7 Å². The molecule has 5 nitrogen and oxygen atoms in total. The molecule has 0 heterocycles. The van der Waals surface area contributed by atoms with E-state index in [1.807, 2.05) is 24.3 Å². The maximum atomic E-state index is 11.0. The fourth-order valence-corrected chi connectivity index (χ4v) is 3.07. The lowest BCUT2D eigenvalue weighted by Gasteiger charge is -2.14. The second-order valence-electron chi connectivity index (χ2n) is 5.31. The quantitative estimate of drug-likeness (QED) is 0.780. The van der Waals surface area contributed by atoms with Crippen LogP contribution in [0.15, 0.2) is 48.5 Å². The van der Waals surface area contributed by atoms with E-state index in [1.165, 1.54) is 5.57 Å². The average Bonchev–Trinajstić information content (AvgIpc) is 2.53. The Morgan fingerprint density at radius 1 is 0.917 bits per heavy atom. The zero-order chi connectivity index (χ0) is 17.7. The molecule has 3 N–H and O–H groups in total. The van der Waals surface area contributed by atoms with Gasteiger partial charge in [0.15, 0.2) is 0 Å². The molecular weight excluding hydrogens is 326 g/mol. The van der Waals surface area contributed by atoms with Gasteiger partial charge in [-0.25, -0.2) is 0 Å². The van der Waals surface area contributed by atoms with Crippen LogP contribution in [0.25, 0.3) is 11.1 Å². The van der Waals surface area contributed by atoms with Gasteiger partial charge in [0.25, 0.3) is 0 Å². The standard InChI is InChI=1S/C18H21NO4S/c1-3-17(13-5-9-15(20)10-6-13)18(4-2)14-7-11-16(12-8-14)23-24(19,21)22/h5-12,20H,3-4H2,1-2H3,(H2,19,21,22)/b18-17+. The molecule has 2 aromatic carbocycles. The summed E-state index contributed by atoms with van der Waals surface area (Å²) in [6.07, 6.45) is 1.66. The zero-order valence-electron chi connectivity index (χ0n) is 13.7. The molecule has 0 aliphatic rings. The molecule has 0 atom stereocenters. The highest BCUT2D eigenvalue weighted by molar-refractivity contribution is 7.84. The van der Waals surface area contributed by atoms with Crippen molar-refractivity contribution in [2.45, 2.75) is 26.7 Å². The summed E-state index contributed by atoms with van der Waals surface area (Å²) >= 11 is 0. The van der Waals surface area contributed by atoms with Crippen LogP contribution < -0.4 is 9.32 Å². The van der Waals surface area contributed by atoms with E-state index >= 15 is 0 Å². The second-order valence-corrected chi connectivity index (χ2v) is 6.46. The molecule has 2 aromatic rings. The maximum Gasteiger partial charge on any atom is 0.380 e. The van der Waals surface area contributed by atoms with Gasteiger partial charge in [0.2, 0.25) is 0 Å². The number of aromatic hydroxyl groups is 1. The van der Waals surface area contributed by atoms with Crippen molar-refractivity contribution < 1.29 is 17.7 Å². The first-order valence-electron chi connectivity index (χ1n) is 7.68. The van der Waals surface area contributed by atoms with E-state index in [-0.39, 0.29) is 11.5 Å². The number of hydrogen-bond donors (Lipinski definition) is 2. The molecule has 6 heteroatoms. The van der Waals surface area contributed by atoms with Crippen molar-refractivity contribution in [1.29, 1.82) is 0 Å². The predicted octanol–water partition coefficient (Wildman–Crippen LogP) is 3.71. The zero-order valence-corrected chi connectivity index (χ0v) is 14.5. The number of rotatable bonds is 6. The molecule has 0 saturated heterocycles. The molecule has 0 radical (unpaired) electrons. The highest BCUT2D eigenvalue weighted by atomic mass is 32.2. The second kappa shape index (κ2) is 7.51. The van der Waals surface area contributed by atoms with Gasteiger partial charge in [0.1, 0.15) is 11.5 Å². The number of phenols is 1. The van der Waals surface area contributed by atoms with Crippen LogP contribution in [0.3, 0.4) is 0 Å². The Morgan fingerprint density at radius 3 is 1.71 bits per heavy atom. The molecule has 128 valence electrons. The number of phenolic OH excluding ortho intramolecular Hbond substituents is 1. The maximum absolute atomic E-state index is 11.0. The summed E-state index contributed by atoms with van der Waals surface area (Å²) in [5.41, 5.74) is 4.38. The van der Waals surface area contributed by atoms with Crippen molar-refractivity contribution >= 4 is 21.5 Å². The summed E-state index contributed by atoms with van der Waals surface area (Å²) in [6, 6.07) is 13.9. The third-order valence-corrected chi connectivity index (χ3v) is 4.13. The molecule has 0 aliphatic carbocycles. The van der Waals surface area contributed by atoms with E-state index < -0.39 is 10.3 Å². The minimum Gasteiger partial charge on any atom is -0.508 e. The number of nitrogens with two attached hydrogens (primary N) is 1. The monoisotopic (exact) mass is 347 g/mol. The van der Waals surface area contributed by atoms with Crippen molar-refractivity contribution in [1.82, 2.24) is 0 Å². The first kappa shape index (κ1) is 18.0. The van der Waals surface area contributed by atoms with E-state index in [0.29, 0.717) is 0 Å². The third-order valence-electron chi connectivity index (χ3n) is 3.70. The minimum atomic E-state index is -4.02. The fourth-order valence-electron chi connectivity index (χ4n) is 2.69. The summed E-state index contributed by atoms with van der Waals surface area (Å²) < 4.78 is 26.6. The van der Waals surface area contributed by atoms with Crippen LogP contribution >= 0.6 is 0 Å². The van der Waals surface area contributed by atoms with Crippen LogP contribution in [0.4, 0.5) is 0 Å². The Kier molecular flexibility index (Phi) is 5.64. The van der Waals surface area contributed by atoms with Crippen LogP contribution in [0.2, 0.25) is 0 Å². The van der Waals surface area contributed by atoms with Gasteiger partial charge in [0.05, 0.1) is 0 Å². The first-order chi connectivity index (χ1) is 11.3. The molecule has 0 aromatic heterocycles. The Balaban J connectivity index is 2.43. The van der Waals surface area contributed by atoms with Gasteiger partial charge < -0.3 is 9.29 Å². The summed E-state index contributed by atoms with van der Waals surface area (Å²) in [5.74, 6) is 0.413. The van der Waals surface area contributed by atoms with Crippen LogP contribution in [0, 0.1) is 0 Å². The Hall–Kier alpha value is -2.31. The molecule has 0 bridgehead atoms. The predicted molar refractivity (Wildman–Crippen MR) is 95.7 cm³/mol. The number of benzene rings is 2. The average molecular weight is 347 g/mol. The molecule has 0 unspecified atom stereocenters. The van der Waals surface area contributed by atoms with E-state index in [1.54, 1.807) is 24.3 Å². The molecule has 0 aliphatic heterocycles. The van der Waals surface area contributed by atoms with Gasteiger partial charge in [-0.1, -0.05) is 38.1 Å². The highest BCUT2D eigenvalue weighted by Gasteiger charge is 2.10. The van der Waals surface area contributed by atoms with Gasteiger partial charge >= 0.3 is 10.3 Å². The molecule has 0 amide bonds. The van der Waals surface area contributed by atoms with E-state index in [9.17, 15) is 13.5 Å². The molecule has 0 saturated carbocycles. The van der Waals surface area contributed by atoms with Crippen LogP contribution in [-0.2, 0) is 10.3 Å². The smallest absolute Gasteiger partial charge is 0.380 e. The Bertz CT molecular complexity index is 822. The van der Waals surface area contributed by atoms with E-state index in [2.05, 4.69) is 18.0 Å². The van der Waals surface area contributed by atoms with Crippen molar-refractivity contribution in [2.75, 3.05) is 0 Å². The Morgan fingerprint density at radius 2 is 1.33 bits per heavy atom. The lowest BCUT2D eigenvalue weighted by atomic mass is 9.91. The largest absolute Gasteiger partial charge is 0.508 e. The van der Waals surface area contributed by atoms with Crippen molar-refractivity contribution in [3.63, 3.8) is 0 Å². The van der Waals surface area contributed by atoms with Gasteiger partial charge in [0, 0.05) is 0 Å². The van der Waals surface area contributed by atoms with E-state index in [4.69, 9.17) is 5.14 Å². The van der Waals surface area contributed by atoms with Crippen molar-refractivity contribution in [3.8, 4) is 11.5 Å². The van der Waals surface area contributed by atoms with Crippen LogP contribution in [0.5, 0.6) is 11.5 Å². The summed E-state index contributed by atoms with van der Waals surface area (Å²) in [6.45, 7) is 4.15. The minimum absolute atomic E-state index is 0.180. The van der Waals surface area contributed by atoms with Crippen LogP contribution in [-0.4, -0.2) is 13.5 Å². The molecule has 24 heavy (non-hydrogen) atoms. The van der Waals surface area contributed by atoms with Gasteiger partial charge in [-0.3, -0.25) is 0 Å². The van der Waals surface area contributed by atoms with Crippen LogP contribution in [0.1, 0.15) is 37.8 Å². The van der Waals surface area contributed by atoms with E-state index in [0.717, 1.165) is 29.5 Å². The SMILES string of the molecule is CC/C(=C(/CC)c1ccc(OS(N)(=O)=O)cc1)c1ccc(O)cc1. The molecule has 0 spiro atoms. The lowest BCUT2D eigenvalue weighted by molar-refractivity contribution is 0.475. The van der Waals surface area contributed by atoms with Crippen molar-refractivity contribution in [2.24, 2.45) is 5.14 Å². The Labute approximate surface area is 142 Å². The topological polar surface area (TPSA) is 89.6 Å². The van der Waals surface area contributed by atoms with Gasteiger partial charge in [-0.2, -0.15) is 13.6 Å². The summed E-state index contributed by atoms with van der Waals surface area (Å²) in [5, 5.41) is 14.3. The highest BCUT2D eigenvalue weighted by Crippen LogP contribution is 2.32. The van der Waals surface area contributed by atoms with Gasteiger partial charge in [-0.05, 0) is 59.4 Å². The first-order valence-corrected chi connectivity index (χ1v) is 9.15. The fraction of sp³-hybridized carbons (Fsp3) is 0.222. The molecule has 2 rings (SSSR count). The number of allylic oxidation sites excluding steroid dienone is 2. The summed E-state index contributed by atoms with van der Waals surface area (Å²) in [4.78, 5) is 0. The lowest BCUT2D eigenvalue weighted by Crippen LogP contribution is -2.18. The van der Waals surface area contributed by atoms with Gasteiger partial charge in [-0.15, -0.1) is 0 Å². The molecular formula is C18H21NO4S. The number of hydrogen-bond acceptors (Lipinski definition) is 4.